The summed E-state index contributed by atoms with van der Waals surface area (Å²) in [5.74, 6) is -2.88. The molecule has 0 fully saturated rings. The summed E-state index contributed by atoms with van der Waals surface area (Å²) in [7, 11) is 0. The van der Waals surface area contributed by atoms with Gasteiger partial charge in [-0.2, -0.15) is 8.78 Å². The molecule has 3 nitrogen and oxygen atoms in total. The van der Waals surface area contributed by atoms with Crippen molar-refractivity contribution in [2.45, 2.75) is 17.2 Å². The minimum absolute atomic E-state index is 0.333. The first-order valence-corrected chi connectivity index (χ1v) is 7.12. The van der Waals surface area contributed by atoms with Crippen molar-refractivity contribution < 1.29 is 13.6 Å². The Kier molecular flexibility index (Phi) is 5.30. The van der Waals surface area contributed by atoms with E-state index in [0.717, 1.165) is 5.56 Å². The van der Waals surface area contributed by atoms with Crippen LogP contribution < -0.4 is 11.1 Å². The molecular weight excluding hydrogens is 294 g/mol. The number of carbonyl (C=O) groups excluding carboxylic acids is 1. The van der Waals surface area contributed by atoms with Gasteiger partial charge in [-0.15, -0.1) is 0 Å². The number of hydrogen-bond acceptors (Lipinski definition) is 3. The minimum atomic E-state index is -2.54. The highest BCUT2D eigenvalue weighted by molar-refractivity contribution is 7.99. The van der Waals surface area contributed by atoms with Gasteiger partial charge in [0.25, 0.3) is 11.7 Å². The molecule has 2 aromatic rings. The summed E-state index contributed by atoms with van der Waals surface area (Å²) >= 11 is 0.404. The second-order valence-electron chi connectivity index (χ2n) is 4.23. The van der Waals surface area contributed by atoms with E-state index in [1.54, 1.807) is 48.5 Å². The zero-order valence-corrected chi connectivity index (χ0v) is 11.9. The Balaban J connectivity index is 2.15. The highest BCUT2D eigenvalue weighted by Gasteiger charge is 2.12. The van der Waals surface area contributed by atoms with Gasteiger partial charge in [-0.05, 0) is 29.8 Å². The van der Waals surface area contributed by atoms with E-state index in [0.29, 0.717) is 34.5 Å². The summed E-state index contributed by atoms with van der Waals surface area (Å²) in [6.45, 7) is 0.399. The third-order valence-electron chi connectivity index (χ3n) is 2.80. The Morgan fingerprint density at radius 1 is 1.14 bits per heavy atom. The van der Waals surface area contributed by atoms with Crippen molar-refractivity contribution >= 4 is 23.4 Å². The highest BCUT2D eigenvalue weighted by atomic mass is 32.2. The maximum absolute atomic E-state index is 12.5. The fourth-order valence-electron chi connectivity index (χ4n) is 1.76. The van der Waals surface area contributed by atoms with Crippen molar-refractivity contribution in [3.8, 4) is 0 Å². The Morgan fingerprint density at radius 3 is 2.43 bits per heavy atom. The molecule has 0 aliphatic heterocycles. The van der Waals surface area contributed by atoms with E-state index in [-0.39, 0.29) is 5.91 Å². The number of rotatable bonds is 5. The second-order valence-corrected chi connectivity index (χ2v) is 5.26. The Morgan fingerprint density at radius 2 is 1.81 bits per heavy atom. The first kappa shape index (κ1) is 15.5. The third-order valence-corrected chi connectivity index (χ3v) is 3.59. The Bertz CT molecular complexity index is 617. The van der Waals surface area contributed by atoms with Gasteiger partial charge < -0.3 is 11.1 Å². The van der Waals surface area contributed by atoms with E-state index < -0.39 is 5.76 Å². The number of nitrogens with one attached hydrogen (secondary N) is 1. The number of hydrogen-bond donors (Lipinski definition) is 2. The maximum atomic E-state index is 12.5. The van der Waals surface area contributed by atoms with Gasteiger partial charge >= 0.3 is 0 Å². The smallest absolute Gasteiger partial charge is 0.288 e. The molecule has 21 heavy (non-hydrogen) atoms. The van der Waals surface area contributed by atoms with E-state index in [4.69, 9.17) is 5.73 Å². The molecule has 110 valence electrons. The minimum Gasteiger partial charge on any atom is -0.326 e. The number of para-hydroxylation sites is 1. The molecule has 0 aromatic heterocycles. The van der Waals surface area contributed by atoms with Gasteiger partial charge in [-0.1, -0.05) is 36.0 Å². The number of anilines is 1. The molecule has 0 saturated heterocycles. The molecule has 0 aliphatic rings. The Hall–Kier alpha value is -1.92. The van der Waals surface area contributed by atoms with Crippen molar-refractivity contribution in [3.63, 3.8) is 0 Å². The van der Waals surface area contributed by atoms with Gasteiger partial charge in [-0.3, -0.25) is 4.79 Å². The van der Waals surface area contributed by atoms with Crippen LogP contribution in [0.3, 0.4) is 0 Å². The summed E-state index contributed by atoms with van der Waals surface area (Å²) in [5, 5.41) is 2.65. The average molecular weight is 308 g/mol. The van der Waals surface area contributed by atoms with Gasteiger partial charge in [0.15, 0.2) is 0 Å². The molecule has 2 rings (SSSR count). The van der Waals surface area contributed by atoms with E-state index in [1.165, 1.54) is 0 Å². The third kappa shape index (κ3) is 4.27. The molecule has 0 spiro atoms. The molecule has 0 radical (unpaired) electrons. The number of benzene rings is 2. The quantitative estimate of drug-likeness (QED) is 0.828. The van der Waals surface area contributed by atoms with E-state index in [2.05, 4.69) is 5.32 Å². The van der Waals surface area contributed by atoms with Gasteiger partial charge in [-0.25, -0.2) is 0 Å². The molecular formula is C15H14F2N2OS. The van der Waals surface area contributed by atoms with Crippen LogP contribution >= 0.6 is 11.8 Å². The fraction of sp³-hybridized carbons (Fsp3) is 0.133. The lowest BCUT2D eigenvalue weighted by molar-refractivity contribution is 0.102. The summed E-state index contributed by atoms with van der Waals surface area (Å²) < 4.78 is 25.0. The normalized spacial score (nSPS) is 10.7. The zero-order valence-electron chi connectivity index (χ0n) is 11.1. The summed E-state index contributed by atoms with van der Waals surface area (Å²) in [6, 6.07) is 13.3. The predicted molar refractivity (Wildman–Crippen MR) is 80.6 cm³/mol. The lowest BCUT2D eigenvalue weighted by Gasteiger charge is -2.10. The first-order valence-electron chi connectivity index (χ1n) is 6.24. The van der Waals surface area contributed by atoms with Crippen LogP contribution in [0.25, 0.3) is 0 Å². The number of carbonyl (C=O) groups is 1. The molecule has 0 saturated carbocycles. The van der Waals surface area contributed by atoms with Crippen LogP contribution in [0.2, 0.25) is 0 Å². The number of thioether (sulfide) groups is 1. The molecule has 1 amide bonds. The fourth-order valence-corrected chi connectivity index (χ4v) is 2.35. The van der Waals surface area contributed by atoms with Crippen molar-refractivity contribution in [2.24, 2.45) is 5.73 Å². The molecule has 2 aromatic carbocycles. The van der Waals surface area contributed by atoms with Crippen LogP contribution in [-0.4, -0.2) is 11.7 Å². The van der Waals surface area contributed by atoms with Gasteiger partial charge in [0.2, 0.25) is 0 Å². The topological polar surface area (TPSA) is 55.1 Å². The molecule has 0 unspecified atom stereocenters. The van der Waals surface area contributed by atoms with Gasteiger partial charge in [0.1, 0.15) is 0 Å². The zero-order chi connectivity index (χ0) is 15.2. The van der Waals surface area contributed by atoms with Crippen molar-refractivity contribution in [1.29, 1.82) is 0 Å². The number of amides is 1. The molecule has 6 heteroatoms. The van der Waals surface area contributed by atoms with Crippen LogP contribution in [0.5, 0.6) is 0 Å². The lowest BCUT2D eigenvalue weighted by atomic mass is 10.1. The maximum Gasteiger partial charge on any atom is 0.288 e. The standard InChI is InChI=1S/C15H14F2N2OS/c16-15(17)21-13-4-2-1-3-12(13)19-14(20)11-7-5-10(9-18)6-8-11/h1-8,15H,9,18H2,(H,19,20). The molecule has 0 aliphatic carbocycles. The summed E-state index contributed by atoms with van der Waals surface area (Å²) in [5.41, 5.74) is 7.23. The molecule has 0 atom stereocenters. The number of halogens is 2. The van der Waals surface area contributed by atoms with Crippen molar-refractivity contribution in [3.05, 3.63) is 59.7 Å². The van der Waals surface area contributed by atoms with Crippen LogP contribution in [0, 0.1) is 0 Å². The van der Waals surface area contributed by atoms with Crippen molar-refractivity contribution in [1.82, 2.24) is 0 Å². The monoisotopic (exact) mass is 308 g/mol. The second kappa shape index (κ2) is 7.19. The lowest BCUT2D eigenvalue weighted by Crippen LogP contribution is -2.12. The summed E-state index contributed by atoms with van der Waals surface area (Å²) in [6.07, 6.45) is 0. The highest BCUT2D eigenvalue weighted by Crippen LogP contribution is 2.31. The van der Waals surface area contributed by atoms with E-state index in [9.17, 15) is 13.6 Å². The van der Waals surface area contributed by atoms with Gasteiger partial charge in [0.05, 0.1) is 5.69 Å². The van der Waals surface area contributed by atoms with E-state index in [1.807, 2.05) is 0 Å². The Labute approximate surface area is 125 Å². The molecule has 0 bridgehead atoms. The number of nitrogens with two attached hydrogens (primary N) is 1. The first-order chi connectivity index (χ1) is 10.1. The SMILES string of the molecule is NCc1ccc(C(=O)Nc2ccccc2SC(F)F)cc1. The van der Waals surface area contributed by atoms with Crippen LogP contribution in [0.4, 0.5) is 14.5 Å². The number of alkyl halides is 2. The average Bonchev–Trinajstić information content (AvgIpc) is 2.49. The molecule has 0 heterocycles. The van der Waals surface area contributed by atoms with E-state index >= 15 is 0 Å². The van der Waals surface area contributed by atoms with Crippen LogP contribution in [0.1, 0.15) is 15.9 Å². The van der Waals surface area contributed by atoms with Crippen LogP contribution in [-0.2, 0) is 6.54 Å². The van der Waals surface area contributed by atoms with Crippen molar-refractivity contribution in [2.75, 3.05) is 5.32 Å². The largest absolute Gasteiger partial charge is 0.326 e. The van der Waals surface area contributed by atoms with Crippen LogP contribution in [0.15, 0.2) is 53.4 Å². The predicted octanol–water partition coefficient (Wildman–Crippen LogP) is 3.71. The van der Waals surface area contributed by atoms with Gasteiger partial charge in [0, 0.05) is 17.0 Å². The molecule has 3 N–H and O–H groups in total. The summed E-state index contributed by atoms with van der Waals surface area (Å²) in [4.78, 5) is 12.4.